The predicted molar refractivity (Wildman–Crippen MR) is 100 cm³/mol. The second kappa shape index (κ2) is 7.09. The van der Waals surface area contributed by atoms with E-state index in [9.17, 15) is 0 Å². The summed E-state index contributed by atoms with van der Waals surface area (Å²) in [5.74, 6) is 2.46. The van der Waals surface area contributed by atoms with Crippen molar-refractivity contribution in [3.05, 3.63) is 59.2 Å². The number of methoxy groups -OCH3 is 2. The Hall–Kier alpha value is -2.00. The van der Waals surface area contributed by atoms with E-state index < -0.39 is 0 Å². The van der Waals surface area contributed by atoms with Crippen molar-refractivity contribution in [2.75, 3.05) is 27.3 Å². The summed E-state index contributed by atoms with van der Waals surface area (Å²) in [7, 11) is 3.44. The molecule has 3 heteroatoms. The Morgan fingerprint density at radius 1 is 1.00 bits per heavy atom. The molecule has 2 atom stereocenters. The van der Waals surface area contributed by atoms with Gasteiger partial charge in [0.05, 0.1) is 14.2 Å². The van der Waals surface area contributed by atoms with E-state index in [-0.39, 0.29) is 0 Å². The third kappa shape index (κ3) is 3.25. The fraction of sp³-hybridized carbons (Fsp3) is 0.455. The van der Waals surface area contributed by atoms with Crippen LogP contribution in [0.25, 0.3) is 0 Å². The highest BCUT2D eigenvalue weighted by Crippen LogP contribution is 2.43. The number of rotatable bonds is 4. The molecule has 0 N–H and O–H groups in total. The van der Waals surface area contributed by atoms with Crippen LogP contribution in [0.3, 0.4) is 0 Å². The lowest BCUT2D eigenvalue weighted by molar-refractivity contribution is 0.102. The highest BCUT2D eigenvalue weighted by atomic mass is 16.5. The maximum Gasteiger partial charge on any atom is 0.161 e. The van der Waals surface area contributed by atoms with Crippen LogP contribution >= 0.6 is 0 Å². The fourth-order valence-electron chi connectivity index (χ4n) is 4.54. The van der Waals surface area contributed by atoms with Crippen molar-refractivity contribution < 1.29 is 9.47 Å². The van der Waals surface area contributed by atoms with E-state index in [0.717, 1.165) is 30.4 Å². The van der Waals surface area contributed by atoms with Gasteiger partial charge in [0, 0.05) is 12.6 Å². The molecule has 0 saturated carbocycles. The van der Waals surface area contributed by atoms with Crippen LogP contribution in [0.1, 0.15) is 35.6 Å². The monoisotopic (exact) mass is 337 g/mol. The molecule has 1 fully saturated rings. The molecule has 3 nitrogen and oxygen atoms in total. The molecule has 4 rings (SSSR count). The molecular formula is C22H27NO2. The van der Waals surface area contributed by atoms with E-state index in [1.165, 1.54) is 42.5 Å². The van der Waals surface area contributed by atoms with Crippen LogP contribution in [0.5, 0.6) is 11.5 Å². The summed E-state index contributed by atoms with van der Waals surface area (Å²) in [6, 6.07) is 15.8. The van der Waals surface area contributed by atoms with E-state index in [1.54, 1.807) is 14.2 Å². The zero-order valence-corrected chi connectivity index (χ0v) is 15.2. The van der Waals surface area contributed by atoms with Crippen molar-refractivity contribution in [1.82, 2.24) is 4.90 Å². The minimum absolute atomic E-state index is 0.519. The molecule has 2 aliphatic heterocycles. The minimum atomic E-state index is 0.519. The molecule has 2 unspecified atom stereocenters. The lowest BCUT2D eigenvalue weighted by Gasteiger charge is -2.43. The zero-order valence-electron chi connectivity index (χ0n) is 15.2. The second-order valence-corrected chi connectivity index (χ2v) is 7.29. The Morgan fingerprint density at radius 3 is 2.52 bits per heavy atom. The van der Waals surface area contributed by atoms with E-state index in [1.807, 2.05) is 0 Å². The first-order valence-corrected chi connectivity index (χ1v) is 9.31. The number of nitrogens with zero attached hydrogens (tertiary/aromatic N) is 1. The molecule has 0 aromatic heterocycles. The Labute approximate surface area is 150 Å². The van der Waals surface area contributed by atoms with E-state index in [4.69, 9.17) is 9.47 Å². The molecule has 1 saturated heterocycles. The maximum atomic E-state index is 5.56. The molecule has 0 radical (unpaired) electrons. The van der Waals surface area contributed by atoms with Gasteiger partial charge in [0.2, 0.25) is 0 Å². The number of ether oxygens (including phenoxy) is 2. The first-order chi connectivity index (χ1) is 12.3. The highest BCUT2D eigenvalue weighted by molar-refractivity contribution is 5.49. The van der Waals surface area contributed by atoms with Crippen LogP contribution in [0.4, 0.5) is 0 Å². The topological polar surface area (TPSA) is 21.7 Å². The van der Waals surface area contributed by atoms with Gasteiger partial charge in [-0.15, -0.1) is 0 Å². The van der Waals surface area contributed by atoms with Gasteiger partial charge < -0.3 is 9.47 Å². The molecule has 25 heavy (non-hydrogen) atoms. The number of piperidine rings is 1. The number of hydrogen-bond donors (Lipinski definition) is 0. The molecule has 0 bridgehead atoms. The summed E-state index contributed by atoms with van der Waals surface area (Å²) < 4.78 is 11.1. The molecule has 132 valence electrons. The molecule has 2 aliphatic rings. The summed E-state index contributed by atoms with van der Waals surface area (Å²) >= 11 is 0. The quantitative estimate of drug-likeness (QED) is 0.832. The van der Waals surface area contributed by atoms with Gasteiger partial charge >= 0.3 is 0 Å². The maximum absolute atomic E-state index is 5.56. The van der Waals surface area contributed by atoms with Crippen LogP contribution in [0.2, 0.25) is 0 Å². The third-order valence-corrected chi connectivity index (χ3v) is 5.86. The summed E-state index contributed by atoms with van der Waals surface area (Å²) in [5.41, 5.74) is 4.34. The van der Waals surface area contributed by atoms with Crippen LogP contribution in [-0.4, -0.2) is 32.2 Å². The number of fused-ring (bicyclic) bond motifs is 3. The lowest BCUT2D eigenvalue weighted by Crippen LogP contribution is -2.41. The average Bonchev–Trinajstić information content (AvgIpc) is 2.67. The van der Waals surface area contributed by atoms with Crippen molar-refractivity contribution in [1.29, 1.82) is 0 Å². The smallest absolute Gasteiger partial charge is 0.161 e. The van der Waals surface area contributed by atoms with Gasteiger partial charge in [-0.05, 0) is 67.0 Å². The van der Waals surface area contributed by atoms with E-state index in [2.05, 4.69) is 47.4 Å². The van der Waals surface area contributed by atoms with E-state index in [0.29, 0.717) is 6.04 Å². The summed E-state index contributed by atoms with van der Waals surface area (Å²) in [4.78, 5) is 2.66. The average molecular weight is 337 g/mol. The lowest BCUT2D eigenvalue weighted by atomic mass is 9.80. The van der Waals surface area contributed by atoms with Gasteiger partial charge in [-0.25, -0.2) is 0 Å². The molecule has 0 aliphatic carbocycles. The summed E-state index contributed by atoms with van der Waals surface area (Å²) in [6.45, 7) is 2.36. The normalized spacial score (nSPS) is 22.8. The summed E-state index contributed by atoms with van der Waals surface area (Å²) in [5, 5.41) is 0. The van der Waals surface area contributed by atoms with Crippen LogP contribution in [0.15, 0.2) is 42.5 Å². The summed E-state index contributed by atoms with van der Waals surface area (Å²) in [6.07, 6.45) is 4.83. The van der Waals surface area contributed by atoms with Gasteiger partial charge in [-0.3, -0.25) is 4.90 Å². The molecule has 2 heterocycles. The van der Waals surface area contributed by atoms with Crippen molar-refractivity contribution in [2.45, 2.75) is 31.7 Å². The van der Waals surface area contributed by atoms with Gasteiger partial charge in [-0.2, -0.15) is 0 Å². The Bertz CT molecular complexity index is 728. The fourth-order valence-corrected chi connectivity index (χ4v) is 4.54. The SMILES string of the molecule is COc1cc2c(cc1OC)C1CC(Cc3ccccc3)CCN1CC2. The molecule has 0 spiro atoms. The van der Waals surface area contributed by atoms with Crippen LogP contribution in [0, 0.1) is 5.92 Å². The Kier molecular flexibility index (Phi) is 4.67. The molecule has 0 amide bonds. The van der Waals surface area contributed by atoms with Gasteiger partial charge in [0.1, 0.15) is 0 Å². The minimum Gasteiger partial charge on any atom is -0.493 e. The van der Waals surface area contributed by atoms with Gasteiger partial charge in [-0.1, -0.05) is 30.3 Å². The van der Waals surface area contributed by atoms with Crippen molar-refractivity contribution in [2.24, 2.45) is 5.92 Å². The first-order valence-electron chi connectivity index (χ1n) is 9.31. The van der Waals surface area contributed by atoms with Crippen molar-refractivity contribution in [3.63, 3.8) is 0 Å². The van der Waals surface area contributed by atoms with Crippen molar-refractivity contribution in [3.8, 4) is 11.5 Å². The largest absolute Gasteiger partial charge is 0.493 e. The van der Waals surface area contributed by atoms with Crippen molar-refractivity contribution >= 4 is 0 Å². The standard InChI is InChI=1S/C22H27NO2/c1-24-21-14-18-9-11-23-10-8-17(12-16-6-4-3-5-7-16)13-20(23)19(18)15-22(21)25-2/h3-7,14-15,17,20H,8-13H2,1-2H3. The first kappa shape index (κ1) is 16.5. The predicted octanol–water partition coefficient (Wildman–Crippen LogP) is 4.26. The molecule has 2 aromatic rings. The highest BCUT2D eigenvalue weighted by Gasteiger charge is 2.34. The van der Waals surface area contributed by atoms with Gasteiger partial charge in [0.25, 0.3) is 0 Å². The molecule has 2 aromatic carbocycles. The van der Waals surface area contributed by atoms with Crippen LogP contribution in [-0.2, 0) is 12.8 Å². The van der Waals surface area contributed by atoms with Crippen LogP contribution < -0.4 is 9.47 Å². The Balaban J connectivity index is 1.58. The second-order valence-electron chi connectivity index (χ2n) is 7.29. The van der Waals surface area contributed by atoms with Gasteiger partial charge in [0.15, 0.2) is 11.5 Å². The number of hydrogen-bond acceptors (Lipinski definition) is 3. The number of benzene rings is 2. The third-order valence-electron chi connectivity index (χ3n) is 5.86. The zero-order chi connectivity index (χ0) is 17.2. The molecular weight excluding hydrogens is 310 g/mol. The van der Waals surface area contributed by atoms with E-state index >= 15 is 0 Å². The Morgan fingerprint density at radius 2 is 1.76 bits per heavy atom.